The Balaban J connectivity index is 1.44. The highest BCUT2D eigenvalue weighted by Crippen LogP contribution is 2.25. The summed E-state index contributed by atoms with van der Waals surface area (Å²) < 4.78 is 3.31. The summed E-state index contributed by atoms with van der Waals surface area (Å²) in [7, 11) is 0. The standard InChI is InChI=1S/C32H48N8O2S/c1-3-5-7-9-11-13-15-19-23-33-29(41)27-31-39(37-35-27)25-21-17-18-22-26(25)40-32(43-31)28(36-38-40)30(42)34-24-20-16-14-12-10-8-6-4-2/h17-18,21-22H,3-16,19-20,23-24H2,1-2H3,(H,33,41)(H,34,42). The van der Waals surface area contributed by atoms with Gasteiger partial charge in [0.15, 0.2) is 21.0 Å². The molecule has 0 fully saturated rings. The number of benzene rings is 1. The third kappa shape index (κ3) is 9.08. The van der Waals surface area contributed by atoms with Crippen LogP contribution >= 0.6 is 11.3 Å². The van der Waals surface area contributed by atoms with E-state index in [0.717, 1.165) is 25.7 Å². The number of para-hydroxylation sites is 2. The van der Waals surface area contributed by atoms with Crippen molar-refractivity contribution in [2.75, 3.05) is 13.1 Å². The zero-order valence-electron chi connectivity index (χ0n) is 25.9. The van der Waals surface area contributed by atoms with Gasteiger partial charge < -0.3 is 10.6 Å². The van der Waals surface area contributed by atoms with E-state index in [4.69, 9.17) is 0 Å². The molecule has 0 spiro atoms. The number of unbranched alkanes of at least 4 members (excludes halogenated alkanes) is 14. The van der Waals surface area contributed by atoms with Crippen LogP contribution in [-0.4, -0.2) is 54.6 Å². The lowest BCUT2D eigenvalue weighted by Gasteiger charge is -2.04. The van der Waals surface area contributed by atoms with Crippen LogP contribution in [0.25, 0.3) is 20.7 Å². The Kier molecular flexibility index (Phi) is 13.4. The van der Waals surface area contributed by atoms with Crippen molar-refractivity contribution in [3.8, 4) is 0 Å². The second-order valence-electron chi connectivity index (χ2n) is 11.4. The number of carbonyl (C=O) groups excluding carboxylic acids is 2. The zero-order valence-corrected chi connectivity index (χ0v) is 26.8. The number of amides is 2. The molecule has 2 N–H and O–H groups in total. The normalized spacial score (nSPS) is 11.5. The van der Waals surface area contributed by atoms with Gasteiger partial charge in [0.05, 0.1) is 11.0 Å². The number of rotatable bonds is 20. The zero-order chi connectivity index (χ0) is 30.3. The Labute approximate surface area is 258 Å². The molecular weight excluding hydrogens is 560 g/mol. The van der Waals surface area contributed by atoms with Crippen LogP contribution in [0.15, 0.2) is 24.3 Å². The van der Waals surface area contributed by atoms with E-state index >= 15 is 0 Å². The van der Waals surface area contributed by atoms with Crippen LogP contribution in [0.1, 0.15) is 138 Å². The minimum absolute atomic E-state index is 0.235. The first-order chi connectivity index (χ1) is 21.2. The van der Waals surface area contributed by atoms with Crippen LogP contribution < -0.4 is 10.6 Å². The Bertz CT molecular complexity index is 1370. The summed E-state index contributed by atoms with van der Waals surface area (Å²) in [5.74, 6) is -0.536. The molecule has 4 rings (SSSR count). The van der Waals surface area contributed by atoms with Gasteiger partial charge in [0.25, 0.3) is 11.8 Å². The van der Waals surface area contributed by atoms with Crippen molar-refractivity contribution < 1.29 is 9.59 Å². The molecule has 1 aromatic carbocycles. The Morgan fingerprint density at radius 2 is 0.977 bits per heavy atom. The van der Waals surface area contributed by atoms with Gasteiger partial charge in [-0.25, -0.2) is 9.03 Å². The maximum atomic E-state index is 13.2. The first-order valence-corrected chi connectivity index (χ1v) is 17.2. The Hall–Kier alpha value is -3.34. The second-order valence-corrected chi connectivity index (χ2v) is 12.3. The van der Waals surface area contributed by atoms with Crippen LogP contribution in [0.3, 0.4) is 0 Å². The molecular formula is C32H48N8O2S. The number of hydrogen-bond acceptors (Lipinski definition) is 7. The fourth-order valence-electron chi connectivity index (χ4n) is 5.33. The first-order valence-electron chi connectivity index (χ1n) is 16.4. The van der Waals surface area contributed by atoms with Crippen LogP contribution in [0, 0.1) is 0 Å². The molecule has 0 atom stereocenters. The van der Waals surface area contributed by atoms with Crippen LogP contribution in [-0.2, 0) is 0 Å². The van der Waals surface area contributed by atoms with E-state index in [1.165, 1.54) is 88.4 Å². The third-order valence-corrected chi connectivity index (χ3v) is 8.97. The molecule has 43 heavy (non-hydrogen) atoms. The Morgan fingerprint density at radius 1 is 0.605 bits per heavy atom. The number of hydrogen-bond donors (Lipinski definition) is 2. The number of nitrogens with zero attached hydrogens (tertiary/aromatic N) is 6. The molecule has 234 valence electrons. The van der Waals surface area contributed by atoms with E-state index < -0.39 is 0 Å². The highest BCUT2D eigenvalue weighted by molar-refractivity contribution is 7.22. The molecule has 0 saturated heterocycles. The lowest BCUT2D eigenvalue weighted by molar-refractivity contribution is 0.0941. The van der Waals surface area contributed by atoms with Crippen molar-refractivity contribution in [2.45, 2.75) is 117 Å². The quantitative estimate of drug-likeness (QED) is 0.102. The molecule has 0 bridgehead atoms. The number of fused-ring (bicyclic) bond motifs is 5. The molecule has 0 aliphatic carbocycles. The van der Waals surface area contributed by atoms with Gasteiger partial charge in [0.1, 0.15) is 0 Å². The van der Waals surface area contributed by atoms with Gasteiger partial charge in [0, 0.05) is 13.1 Å². The first kappa shape index (κ1) is 32.6. The fraction of sp³-hybridized carbons (Fsp3) is 0.625. The van der Waals surface area contributed by atoms with Gasteiger partial charge in [-0.2, -0.15) is 0 Å². The fourth-order valence-corrected chi connectivity index (χ4v) is 6.42. The maximum absolute atomic E-state index is 13.2. The average Bonchev–Trinajstić information content (AvgIpc) is 3.61. The van der Waals surface area contributed by atoms with E-state index in [1.807, 2.05) is 24.3 Å². The average molecular weight is 609 g/mol. The second kappa shape index (κ2) is 17.7. The van der Waals surface area contributed by atoms with Crippen molar-refractivity contribution >= 4 is 43.8 Å². The van der Waals surface area contributed by atoms with Crippen molar-refractivity contribution in [2.24, 2.45) is 0 Å². The molecule has 2 amide bonds. The summed E-state index contributed by atoms with van der Waals surface area (Å²) in [6.07, 6.45) is 19.3. The summed E-state index contributed by atoms with van der Waals surface area (Å²) >= 11 is 1.25. The molecule has 10 nitrogen and oxygen atoms in total. The van der Waals surface area contributed by atoms with Crippen LogP contribution in [0.2, 0.25) is 0 Å². The van der Waals surface area contributed by atoms with E-state index in [2.05, 4.69) is 45.1 Å². The summed E-state index contributed by atoms with van der Waals surface area (Å²) in [4.78, 5) is 27.5. The smallest absolute Gasteiger partial charge is 0.275 e. The van der Waals surface area contributed by atoms with Gasteiger partial charge in [-0.15, -0.1) is 10.2 Å². The van der Waals surface area contributed by atoms with E-state index in [1.54, 1.807) is 9.03 Å². The number of nitrogens with one attached hydrogen (secondary N) is 2. The number of carbonyl (C=O) groups is 2. The van der Waals surface area contributed by atoms with Crippen molar-refractivity contribution in [3.63, 3.8) is 0 Å². The third-order valence-electron chi connectivity index (χ3n) is 7.85. The SMILES string of the molecule is CCCCCCCCCCNC(=O)c1nnn2c1sc1c(C(=O)NCCCCCCCCCC)nnn1c1ccccc12. The minimum Gasteiger partial charge on any atom is -0.351 e. The Morgan fingerprint density at radius 3 is 1.37 bits per heavy atom. The molecule has 0 aliphatic heterocycles. The summed E-state index contributed by atoms with van der Waals surface area (Å²) in [5, 5.41) is 23.2. The van der Waals surface area contributed by atoms with E-state index in [0.29, 0.717) is 33.8 Å². The van der Waals surface area contributed by atoms with Gasteiger partial charge >= 0.3 is 0 Å². The predicted molar refractivity (Wildman–Crippen MR) is 174 cm³/mol. The lowest BCUT2D eigenvalue weighted by atomic mass is 10.1. The maximum Gasteiger partial charge on any atom is 0.275 e. The summed E-state index contributed by atoms with van der Waals surface area (Å²) in [6, 6.07) is 7.59. The van der Waals surface area contributed by atoms with Gasteiger partial charge in [-0.3, -0.25) is 9.59 Å². The molecule has 0 unspecified atom stereocenters. The number of aromatic nitrogens is 6. The predicted octanol–water partition coefficient (Wildman–Crippen LogP) is 7.29. The topological polar surface area (TPSA) is 119 Å². The highest BCUT2D eigenvalue weighted by Gasteiger charge is 2.22. The van der Waals surface area contributed by atoms with Gasteiger partial charge in [0.2, 0.25) is 0 Å². The van der Waals surface area contributed by atoms with E-state index in [9.17, 15) is 9.59 Å². The van der Waals surface area contributed by atoms with Gasteiger partial charge in [-0.1, -0.05) is 138 Å². The minimum atomic E-state index is -0.268. The van der Waals surface area contributed by atoms with Crippen LogP contribution in [0.4, 0.5) is 0 Å². The monoisotopic (exact) mass is 608 g/mol. The molecule has 0 saturated carbocycles. The van der Waals surface area contributed by atoms with Crippen molar-refractivity contribution in [3.05, 3.63) is 35.7 Å². The molecule has 11 heteroatoms. The molecule has 4 aromatic rings. The largest absolute Gasteiger partial charge is 0.351 e. The molecule has 3 aromatic heterocycles. The molecule has 0 aliphatic rings. The molecule has 0 radical (unpaired) electrons. The van der Waals surface area contributed by atoms with Crippen molar-refractivity contribution in [1.82, 2.24) is 40.3 Å². The van der Waals surface area contributed by atoms with Crippen LogP contribution in [0.5, 0.6) is 0 Å². The highest BCUT2D eigenvalue weighted by atomic mass is 32.1. The van der Waals surface area contributed by atoms with E-state index in [-0.39, 0.29) is 23.2 Å². The van der Waals surface area contributed by atoms with Gasteiger partial charge in [-0.05, 0) is 25.0 Å². The summed E-state index contributed by atoms with van der Waals surface area (Å²) in [6.45, 7) is 5.64. The molecule has 3 heterocycles. The van der Waals surface area contributed by atoms with Crippen molar-refractivity contribution in [1.29, 1.82) is 0 Å². The lowest BCUT2D eigenvalue weighted by Crippen LogP contribution is -2.25. The summed E-state index contributed by atoms with van der Waals surface area (Å²) in [5.41, 5.74) is 1.90.